The standard InChI is InChI=1S/C70H136O17P2/c1-7-10-12-14-15-16-17-20-24-31-36-42-48-54-69(74)86-65(58-80-67(72)52-46-38-13-11-8-2)60-84-88(76,77)82-56-64(71)57-83-89(78,79)85-61-66(59-81-68(73)53-47-41-35-30-27-26-28-33-39-44-50-62(4)5)87-70(75)55-49-43-37-32-25-22-19-18-21-23-29-34-40-45-51-63(6)9-3/h62-66,71H,7-61H2,1-6H3,(H,76,77)(H,78,79)/t63?,64-,65+,66+/m0/s1. The molecular weight excluding hydrogens is 1170 g/mol. The van der Waals surface area contributed by atoms with Crippen molar-refractivity contribution in [3.63, 3.8) is 0 Å². The summed E-state index contributed by atoms with van der Waals surface area (Å²) in [5.41, 5.74) is 0. The first kappa shape index (κ1) is 87.1. The highest BCUT2D eigenvalue weighted by molar-refractivity contribution is 7.47. The van der Waals surface area contributed by atoms with Gasteiger partial charge in [-0.05, 0) is 37.5 Å². The zero-order valence-electron chi connectivity index (χ0n) is 57.7. The van der Waals surface area contributed by atoms with Gasteiger partial charge in [0.05, 0.1) is 26.4 Å². The molecule has 89 heavy (non-hydrogen) atoms. The van der Waals surface area contributed by atoms with E-state index >= 15 is 0 Å². The molecular formula is C70H136O17P2. The van der Waals surface area contributed by atoms with Crippen molar-refractivity contribution in [3.05, 3.63) is 0 Å². The topological polar surface area (TPSA) is 237 Å². The number of hydrogen-bond donors (Lipinski definition) is 3. The third-order valence-corrected chi connectivity index (χ3v) is 18.5. The monoisotopic (exact) mass is 1310 g/mol. The minimum atomic E-state index is -4.95. The van der Waals surface area contributed by atoms with Crippen LogP contribution in [0.3, 0.4) is 0 Å². The molecule has 6 atom stereocenters. The van der Waals surface area contributed by atoms with Crippen molar-refractivity contribution >= 4 is 39.5 Å². The highest BCUT2D eigenvalue weighted by atomic mass is 31.2. The lowest BCUT2D eigenvalue weighted by Crippen LogP contribution is -2.30. The Kier molecular flexibility index (Phi) is 60.8. The minimum absolute atomic E-state index is 0.107. The Bertz CT molecular complexity index is 1740. The lowest BCUT2D eigenvalue weighted by Gasteiger charge is -2.21. The van der Waals surface area contributed by atoms with Crippen LogP contribution >= 0.6 is 15.6 Å². The molecule has 17 nitrogen and oxygen atoms in total. The van der Waals surface area contributed by atoms with Gasteiger partial charge < -0.3 is 33.8 Å². The van der Waals surface area contributed by atoms with Crippen LogP contribution in [0.15, 0.2) is 0 Å². The maximum absolute atomic E-state index is 13.0. The van der Waals surface area contributed by atoms with E-state index < -0.39 is 97.5 Å². The first-order valence-electron chi connectivity index (χ1n) is 36.5. The Morgan fingerprint density at radius 1 is 0.326 bits per heavy atom. The van der Waals surface area contributed by atoms with Crippen molar-refractivity contribution in [2.75, 3.05) is 39.6 Å². The zero-order valence-corrected chi connectivity index (χ0v) is 59.5. The van der Waals surface area contributed by atoms with E-state index in [4.69, 9.17) is 37.0 Å². The van der Waals surface area contributed by atoms with Gasteiger partial charge >= 0.3 is 39.5 Å². The third-order valence-electron chi connectivity index (χ3n) is 16.6. The molecule has 0 heterocycles. The average Bonchev–Trinajstić information content (AvgIpc) is 3.62. The molecule has 0 saturated heterocycles. The SMILES string of the molecule is CCCCCCCCCCCCCCCC(=O)O[C@H](COC(=O)CCCCCCC)COP(=O)(O)OC[C@H](O)COP(=O)(O)OC[C@@H](COC(=O)CCCCCCCCCCCCC(C)C)OC(=O)CCCCCCCCCCCCCCCCC(C)CC. The molecule has 0 aromatic carbocycles. The van der Waals surface area contributed by atoms with E-state index in [0.717, 1.165) is 108 Å². The van der Waals surface area contributed by atoms with Crippen LogP contribution in [-0.4, -0.2) is 96.7 Å². The lowest BCUT2D eigenvalue weighted by molar-refractivity contribution is -0.161. The van der Waals surface area contributed by atoms with Crippen LogP contribution in [0, 0.1) is 11.8 Å². The number of phosphoric acid groups is 2. The van der Waals surface area contributed by atoms with Gasteiger partial charge in [0, 0.05) is 25.7 Å². The number of phosphoric ester groups is 2. The number of aliphatic hydroxyl groups is 1. The van der Waals surface area contributed by atoms with Gasteiger partial charge in [-0.1, -0.05) is 305 Å². The van der Waals surface area contributed by atoms with Crippen LogP contribution in [0.1, 0.15) is 356 Å². The highest BCUT2D eigenvalue weighted by Gasteiger charge is 2.30. The van der Waals surface area contributed by atoms with Crippen LogP contribution in [0.5, 0.6) is 0 Å². The van der Waals surface area contributed by atoms with Crippen molar-refractivity contribution in [2.24, 2.45) is 11.8 Å². The molecule has 0 saturated carbocycles. The molecule has 0 rings (SSSR count). The molecule has 0 amide bonds. The lowest BCUT2D eigenvalue weighted by atomic mass is 9.99. The number of unbranched alkanes of at least 4 members (excludes halogenated alkanes) is 38. The summed E-state index contributed by atoms with van der Waals surface area (Å²) in [6.45, 7) is 9.51. The molecule has 0 aliphatic heterocycles. The second-order valence-corrected chi connectivity index (χ2v) is 28.9. The molecule has 0 radical (unpaired) electrons. The predicted molar refractivity (Wildman–Crippen MR) is 358 cm³/mol. The van der Waals surface area contributed by atoms with Crippen LogP contribution in [-0.2, 0) is 65.4 Å². The Balaban J connectivity index is 5.15. The summed E-state index contributed by atoms with van der Waals surface area (Å²) >= 11 is 0. The highest BCUT2D eigenvalue weighted by Crippen LogP contribution is 2.45. The summed E-state index contributed by atoms with van der Waals surface area (Å²) in [5.74, 6) is -0.530. The van der Waals surface area contributed by atoms with Crippen molar-refractivity contribution in [1.29, 1.82) is 0 Å². The predicted octanol–water partition coefficient (Wildman–Crippen LogP) is 20.0. The minimum Gasteiger partial charge on any atom is -0.462 e. The van der Waals surface area contributed by atoms with Crippen LogP contribution in [0.25, 0.3) is 0 Å². The van der Waals surface area contributed by atoms with E-state index in [1.54, 1.807) is 0 Å². The smallest absolute Gasteiger partial charge is 0.462 e. The van der Waals surface area contributed by atoms with Gasteiger partial charge in [-0.3, -0.25) is 37.3 Å². The molecule has 3 N–H and O–H groups in total. The maximum atomic E-state index is 13.0. The molecule has 0 spiro atoms. The van der Waals surface area contributed by atoms with Gasteiger partial charge in [-0.15, -0.1) is 0 Å². The van der Waals surface area contributed by atoms with E-state index in [1.165, 1.54) is 167 Å². The van der Waals surface area contributed by atoms with Crippen molar-refractivity contribution in [1.82, 2.24) is 0 Å². The van der Waals surface area contributed by atoms with Gasteiger partial charge in [0.1, 0.15) is 19.3 Å². The molecule has 0 aromatic heterocycles. The largest absolute Gasteiger partial charge is 0.472 e. The number of carbonyl (C=O) groups is 4. The number of esters is 4. The molecule has 0 aromatic rings. The summed E-state index contributed by atoms with van der Waals surface area (Å²) < 4.78 is 68.1. The van der Waals surface area contributed by atoms with Gasteiger partial charge in [-0.2, -0.15) is 0 Å². The summed E-state index contributed by atoms with van der Waals surface area (Å²) in [6.07, 6.45) is 47.4. The number of aliphatic hydroxyl groups excluding tert-OH is 1. The molecule has 19 heteroatoms. The summed E-state index contributed by atoms with van der Waals surface area (Å²) in [6, 6.07) is 0. The summed E-state index contributed by atoms with van der Waals surface area (Å²) in [4.78, 5) is 72.3. The van der Waals surface area contributed by atoms with Crippen LogP contribution in [0.2, 0.25) is 0 Å². The fourth-order valence-electron chi connectivity index (χ4n) is 10.6. The fraction of sp³-hybridized carbons (Fsp3) is 0.943. The quantitative estimate of drug-likeness (QED) is 0.0222. The first-order chi connectivity index (χ1) is 42.9. The van der Waals surface area contributed by atoms with Crippen molar-refractivity contribution in [2.45, 2.75) is 374 Å². The zero-order chi connectivity index (χ0) is 65.7. The molecule has 528 valence electrons. The molecule has 0 aliphatic carbocycles. The first-order valence-corrected chi connectivity index (χ1v) is 39.5. The maximum Gasteiger partial charge on any atom is 0.472 e. The van der Waals surface area contributed by atoms with Crippen LogP contribution < -0.4 is 0 Å². The van der Waals surface area contributed by atoms with E-state index in [1.807, 2.05) is 0 Å². The van der Waals surface area contributed by atoms with Gasteiger partial charge in [-0.25, -0.2) is 9.13 Å². The van der Waals surface area contributed by atoms with Gasteiger partial charge in [0.25, 0.3) is 0 Å². The van der Waals surface area contributed by atoms with E-state index in [0.29, 0.717) is 25.7 Å². The number of ether oxygens (including phenoxy) is 4. The Morgan fingerprint density at radius 3 is 0.854 bits per heavy atom. The van der Waals surface area contributed by atoms with Crippen LogP contribution in [0.4, 0.5) is 0 Å². The number of hydrogen-bond acceptors (Lipinski definition) is 15. The average molecular weight is 1310 g/mol. The van der Waals surface area contributed by atoms with Crippen molar-refractivity contribution < 1.29 is 80.2 Å². The fourth-order valence-corrected chi connectivity index (χ4v) is 12.1. The van der Waals surface area contributed by atoms with Gasteiger partial charge in [0.15, 0.2) is 12.2 Å². The third kappa shape index (κ3) is 63.2. The number of carbonyl (C=O) groups excluding carboxylic acids is 4. The molecule has 0 aliphatic rings. The Morgan fingerprint density at radius 2 is 0.573 bits per heavy atom. The molecule has 3 unspecified atom stereocenters. The molecule has 0 fully saturated rings. The normalized spacial score (nSPS) is 14.4. The Hall–Kier alpha value is -1.94. The second kappa shape index (κ2) is 62.2. The molecule has 0 bridgehead atoms. The van der Waals surface area contributed by atoms with Gasteiger partial charge in [0.2, 0.25) is 0 Å². The second-order valence-electron chi connectivity index (χ2n) is 26.0. The Labute approximate surface area is 543 Å². The van der Waals surface area contributed by atoms with Crippen molar-refractivity contribution in [3.8, 4) is 0 Å². The van der Waals surface area contributed by atoms with E-state index in [2.05, 4.69) is 41.5 Å². The number of rotatable bonds is 69. The van der Waals surface area contributed by atoms with E-state index in [-0.39, 0.29) is 25.7 Å². The van der Waals surface area contributed by atoms with E-state index in [9.17, 15) is 43.2 Å². The summed E-state index contributed by atoms with van der Waals surface area (Å²) in [5, 5.41) is 10.6. The summed E-state index contributed by atoms with van der Waals surface area (Å²) in [7, 11) is -9.89.